The van der Waals surface area contributed by atoms with Crippen LogP contribution in [0.3, 0.4) is 0 Å². The second-order valence-corrected chi connectivity index (χ2v) is 8.89. The predicted molar refractivity (Wildman–Crippen MR) is 139 cm³/mol. The molecule has 37 heavy (non-hydrogen) atoms. The molecule has 1 saturated heterocycles. The molecule has 1 atom stereocenters. The van der Waals surface area contributed by atoms with Crippen molar-refractivity contribution in [1.29, 1.82) is 0 Å². The number of ether oxygens (including phenoxy) is 1. The fraction of sp³-hybridized carbons (Fsp3) is 0.280. The minimum atomic E-state index is -1.37. The van der Waals surface area contributed by atoms with Crippen molar-refractivity contribution in [1.82, 2.24) is 24.3 Å². The molecule has 1 aromatic carbocycles. The zero-order valence-electron chi connectivity index (χ0n) is 20.1. The van der Waals surface area contributed by atoms with Crippen molar-refractivity contribution in [2.75, 3.05) is 50.1 Å². The predicted octanol–water partition coefficient (Wildman–Crippen LogP) is 2.20. The Hall–Kier alpha value is -3.93. The second kappa shape index (κ2) is 10.6. The van der Waals surface area contributed by atoms with Gasteiger partial charge in [0, 0.05) is 44.1 Å². The van der Waals surface area contributed by atoms with E-state index in [0.29, 0.717) is 54.3 Å². The molecule has 4 heterocycles. The van der Waals surface area contributed by atoms with Crippen LogP contribution in [-0.4, -0.2) is 86.4 Å². The zero-order valence-corrected chi connectivity index (χ0v) is 20.8. The van der Waals surface area contributed by atoms with Gasteiger partial charge in [-0.3, -0.25) is 9.20 Å². The summed E-state index contributed by atoms with van der Waals surface area (Å²) in [5, 5.41) is 22.3. The number of anilines is 3. The molecule has 11 nitrogen and oxygen atoms in total. The Morgan fingerprint density at radius 2 is 1.97 bits per heavy atom. The number of aliphatic hydroxyl groups is 2. The highest BCUT2D eigenvalue weighted by Gasteiger charge is 2.26. The van der Waals surface area contributed by atoms with Gasteiger partial charge in [0.25, 0.3) is 5.91 Å². The molecule has 1 fully saturated rings. The largest absolute Gasteiger partial charge is 0.494 e. The molecule has 192 valence electrons. The monoisotopic (exact) mass is 523 g/mol. The molecule has 3 aromatic heterocycles. The summed E-state index contributed by atoms with van der Waals surface area (Å²) in [6.07, 6.45) is 3.79. The van der Waals surface area contributed by atoms with E-state index in [2.05, 4.69) is 25.2 Å². The van der Waals surface area contributed by atoms with Gasteiger partial charge in [0.2, 0.25) is 5.95 Å². The third-order valence-corrected chi connectivity index (χ3v) is 6.53. The Bertz CT molecular complexity index is 1420. The molecule has 1 amide bonds. The summed E-state index contributed by atoms with van der Waals surface area (Å²) < 4.78 is 7.54. The van der Waals surface area contributed by atoms with E-state index < -0.39 is 18.6 Å². The van der Waals surface area contributed by atoms with Gasteiger partial charge in [-0.15, -0.1) is 0 Å². The highest BCUT2D eigenvalue weighted by Crippen LogP contribution is 2.33. The maximum Gasteiger partial charge on any atom is 0.253 e. The van der Waals surface area contributed by atoms with Crippen LogP contribution in [0.1, 0.15) is 0 Å². The molecule has 1 aliphatic heterocycles. The number of imidazole rings is 1. The third-order valence-electron chi connectivity index (χ3n) is 6.25. The first-order valence-corrected chi connectivity index (χ1v) is 12.1. The van der Waals surface area contributed by atoms with Crippen molar-refractivity contribution < 1.29 is 19.7 Å². The number of nitrogens with one attached hydrogen (secondary N) is 1. The van der Waals surface area contributed by atoms with Crippen LogP contribution in [0.2, 0.25) is 5.02 Å². The summed E-state index contributed by atoms with van der Waals surface area (Å²) in [7, 11) is 1.59. The van der Waals surface area contributed by atoms with Crippen molar-refractivity contribution in [3.8, 4) is 17.1 Å². The first kappa shape index (κ1) is 24.8. The number of piperazine rings is 1. The number of benzene rings is 1. The normalized spacial score (nSPS) is 14.6. The van der Waals surface area contributed by atoms with Gasteiger partial charge in [-0.25, -0.2) is 15.0 Å². The lowest BCUT2D eigenvalue weighted by Gasteiger charge is -2.37. The van der Waals surface area contributed by atoms with Crippen LogP contribution in [-0.2, 0) is 4.79 Å². The van der Waals surface area contributed by atoms with E-state index in [4.69, 9.17) is 21.4 Å². The molecule has 12 heteroatoms. The van der Waals surface area contributed by atoms with Gasteiger partial charge in [-0.05, 0) is 24.3 Å². The first-order chi connectivity index (χ1) is 18.0. The lowest BCUT2D eigenvalue weighted by molar-refractivity contribution is -0.142. The number of aromatic nitrogens is 4. The van der Waals surface area contributed by atoms with Crippen LogP contribution < -0.4 is 15.0 Å². The number of fused-ring (bicyclic) bond motifs is 1. The second-order valence-electron chi connectivity index (χ2n) is 8.48. The topological polar surface area (TPSA) is 128 Å². The average molecular weight is 524 g/mol. The minimum Gasteiger partial charge on any atom is -0.494 e. The zero-order chi connectivity index (χ0) is 25.9. The number of carbonyl (C=O) groups excluding carboxylic acids is 1. The molecular formula is C25H26ClN7O4. The van der Waals surface area contributed by atoms with Gasteiger partial charge in [-0.1, -0.05) is 17.7 Å². The number of nitrogens with zero attached hydrogens (tertiary/aromatic N) is 6. The fourth-order valence-electron chi connectivity index (χ4n) is 4.29. The fourth-order valence-corrected chi connectivity index (χ4v) is 4.48. The number of amides is 1. The van der Waals surface area contributed by atoms with Gasteiger partial charge in [-0.2, -0.15) is 0 Å². The summed E-state index contributed by atoms with van der Waals surface area (Å²) in [6, 6.07) is 11.5. The number of hydrogen-bond donors (Lipinski definition) is 3. The van der Waals surface area contributed by atoms with Gasteiger partial charge >= 0.3 is 0 Å². The maximum atomic E-state index is 12.1. The van der Waals surface area contributed by atoms with E-state index in [1.165, 1.54) is 0 Å². The highest BCUT2D eigenvalue weighted by molar-refractivity contribution is 6.32. The molecule has 3 N–H and O–H groups in total. The van der Waals surface area contributed by atoms with Crippen LogP contribution in [0.5, 0.6) is 5.75 Å². The Kier molecular flexibility index (Phi) is 7.08. The SMILES string of the molecule is COc1cc(N2CCN(C(=O)C(O)CO)CC2)ccc1Nc1ncc(Cl)c(-c2cnc3ccccn23)n1. The summed E-state index contributed by atoms with van der Waals surface area (Å²) >= 11 is 6.44. The lowest BCUT2D eigenvalue weighted by Crippen LogP contribution is -2.52. The highest BCUT2D eigenvalue weighted by atomic mass is 35.5. The van der Waals surface area contributed by atoms with Crippen LogP contribution in [0.15, 0.2) is 55.0 Å². The van der Waals surface area contributed by atoms with Crippen LogP contribution >= 0.6 is 11.6 Å². The van der Waals surface area contributed by atoms with Crippen LogP contribution in [0, 0.1) is 0 Å². The van der Waals surface area contributed by atoms with Crippen molar-refractivity contribution in [3.05, 3.63) is 60.0 Å². The van der Waals surface area contributed by atoms with E-state index in [1.54, 1.807) is 24.4 Å². The number of rotatable bonds is 7. The maximum absolute atomic E-state index is 12.1. The Labute approximate surface area is 217 Å². The van der Waals surface area contributed by atoms with Gasteiger partial charge in [0.1, 0.15) is 17.1 Å². The molecule has 1 aliphatic rings. The molecule has 0 radical (unpaired) electrons. The number of halogens is 1. The van der Waals surface area contributed by atoms with E-state index >= 15 is 0 Å². The van der Waals surface area contributed by atoms with E-state index in [1.807, 2.05) is 47.0 Å². The summed E-state index contributed by atoms with van der Waals surface area (Å²) in [5.41, 5.74) is 3.69. The number of pyridine rings is 1. The number of aliphatic hydroxyl groups excluding tert-OH is 2. The lowest BCUT2D eigenvalue weighted by atomic mass is 10.2. The summed E-state index contributed by atoms with van der Waals surface area (Å²) in [6.45, 7) is 1.49. The van der Waals surface area contributed by atoms with E-state index in [-0.39, 0.29) is 0 Å². The van der Waals surface area contributed by atoms with Gasteiger partial charge in [0.05, 0.1) is 42.5 Å². The van der Waals surface area contributed by atoms with E-state index in [0.717, 1.165) is 17.0 Å². The molecule has 0 spiro atoms. The third kappa shape index (κ3) is 5.01. The smallest absolute Gasteiger partial charge is 0.253 e. The molecule has 0 bridgehead atoms. The van der Waals surface area contributed by atoms with Crippen LogP contribution in [0.4, 0.5) is 17.3 Å². The van der Waals surface area contributed by atoms with Crippen molar-refractivity contribution in [2.45, 2.75) is 6.10 Å². The van der Waals surface area contributed by atoms with Crippen molar-refractivity contribution in [2.24, 2.45) is 0 Å². The standard InChI is InChI=1S/C25H26ClN7O4/c1-37-21-12-16(31-8-10-32(11-9-31)24(36)20(35)15-34)5-6-18(21)29-25-28-13-17(26)23(30-25)19-14-27-22-4-2-3-7-33(19)22/h2-7,12-14,20,34-35H,8-11,15H2,1H3,(H,28,29,30). The number of methoxy groups -OCH3 is 1. The van der Waals surface area contributed by atoms with Gasteiger partial charge < -0.3 is 30.1 Å². The molecule has 0 saturated carbocycles. The molecule has 1 unspecified atom stereocenters. The van der Waals surface area contributed by atoms with Crippen molar-refractivity contribution >= 4 is 40.5 Å². The van der Waals surface area contributed by atoms with E-state index in [9.17, 15) is 9.90 Å². The number of hydrogen-bond acceptors (Lipinski definition) is 9. The minimum absolute atomic E-state index is 0.353. The Morgan fingerprint density at radius 1 is 1.16 bits per heavy atom. The molecule has 0 aliphatic carbocycles. The average Bonchev–Trinajstić information content (AvgIpc) is 3.37. The Balaban J connectivity index is 1.33. The quantitative estimate of drug-likeness (QED) is 0.334. The van der Waals surface area contributed by atoms with Gasteiger partial charge in [0.15, 0.2) is 6.10 Å². The Morgan fingerprint density at radius 3 is 2.73 bits per heavy atom. The summed E-state index contributed by atoms with van der Waals surface area (Å²) in [4.78, 5) is 29.2. The molecule has 5 rings (SSSR count). The number of carbonyl (C=O) groups is 1. The summed E-state index contributed by atoms with van der Waals surface area (Å²) in [5.74, 6) is 0.498. The van der Waals surface area contributed by atoms with Crippen molar-refractivity contribution in [3.63, 3.8) is 0 Å². The van der Waals surface area contributed by atoms with Crippen LogP contribution in [0.25, 0.3) is 17.0 Å². The molecular weight excluding hydrogens is 498 g/mol. The first-order valence-electron chi connectivity index (χ1n) is 11.7. The molecule has 4 aromatic rings.